The molecule has 1 heterocycles. The molecule has 3 fully saturated rings. The number of allylic oxidation sites excluding steroid dienone is 1. The highest BCUT2D eigenvalue weighted by molar-refractivity contribution is 7.92. The Morgan fingerprint density at radius 3 is 2.56 bits per heavy atom. The van der Waals surface area contributed by atoms with Crippen LogP contribution in [0.1, 0.15) is 62.0 Å². The lowest BCUT2D eigenvalue weighted by atomic mass is 9.95. The van der Waals surface area contributed by atoms with Crippen LogP contribution in [0.5, 0.6) is 0 Å². The van der Waals surface area contributed by atoms with Gasteiger partial charge in [0.1, 0.15) is 0 Å². The fourth-order valence-corrected chi connectivity index (χ4v) is 6.81. The maximum absolute atomic E-state index is 13.8. The van der Waals surface area contributed by atoms with Crippen molar-refractivity contribution in [3.63, 3.8) is 0 Å². The summed E-state index contributed by atoms with van der Waals surface area (Å²) in [5.41, 5.74) is 1.60. The van der Waals surface area contributed by atoms with Crippen LogP contribution < -0.4 is 5.32 Å². The predicted octanol–water partition coefficient (Wildman–Crippen LogP) is 5.41. The van der Waals surface area contributed by atoms with E-state index in [9.17, 15) is 22.0 Å². The molecule has 1 amide bonds. The van der Waals surface area contributed by atoms with Crippen molar-refractivity contribution in [1.82, 2.24) is 4.98 Å². The second-order valence-corrected chi connectivity index (χ2v) is 12.1. The molecule has 1 atom stereocenters. The molecule has 32 heavy (non-hydrogen) atoms. The minimum absolute atomic E-state index is 0.164. The van der Waals surface area contributed by atoms with Crippen molar-refractivity contribution in [3.8, 4) is 0 Å². The Morgan fingerprint density at radius 2 is 1.97 bits per heavy atom. The molecular formula is C23H24F2N2O3S2. The summed E-state index contributed by atoms with van der Waals surface area (Å²) in [5.74, 6) is -3.40. The summed E-state index contributed by atoms with van der Waals surface area (Å²) in [5, 5.41) is 4.60. The highest BCUT2D eigenvalue weighted by Crippen LogP contribution is 2.47. The zero-order valence-electron chi connectivity index (χ0n) is 17.4. The minimum Gasteiger partial charge on any atom is -0.298 e. The second-order valence-electron chi connectivity index (χ2n) is 9.00. The molecule has 170 valence electrons. The molecule has 0 radical (unpaired) electrons. The summed E-state index contributed by atoms with van der Waals surface area (Å²) in [6.45, 7) is 0. The number of alkyl halides is 2. The Bertz CT molecular complexity index is 1170. The van der Waals surface area contributed by atoms with Crippen LogP contribution in [0.3, 0.4) is 0 Å². The van der Waals surface area contributed by atoms with E-state index in [1.807, 2.05) is 0 Å². The number of hydrogen-bond donors (Lipinski definition) is 1. The number of carbonyl (C=O) groups is 1. The summed E-state index contributed by atoms with van der Waals surface area (Å²) in [6.07, 6.45) is 6.23. The molecule has 5 nitrogen and oxygen atoms in total. The van der Waals surface area contributed by atoms with Gasteiger partial charge in [0.25, 0.3) is 5.91 Å². The van der Waals surface area contributed by atoms with Gasteiger partial charge in [-0.15, -0.1) is 11.3 Å². The first kappa shape index (κ1) is 21.7. The Hall–Kier alpha value is -2.13. The van der Waals surface area contributed by atoms with Crippen molar-refractivity contribution in [2.24, 2.45) is 5.92 Å². The van der Waals surface area contributed by atoms with Gasteiger partial charge in [-0.2, -0.15) is 0 Å². The first-order valence-corrected chi connectivity index (χ1v) is 13.3. The summed E-state index contributed by atoms with van der Waals surface area (Å²) < 4.78 is 53.5. The van der Waals surface area contributed by atoms with Gasteiger partial charge in [0, 0.05) is 30.0 Å². The molecule has 3 aliphatic rings. The number of rotatable bonds is 7. The van der Waals surface area contributed by atoms with Gasteiger partial charge in [-0.3, -0.25) is 10.1 Å². The van der Waals surface area contributed by atoms with Crippen LogP contribution in [0.4, 0.5) is 13.9 Å². The average molecular weight is 479 g/mol. The first-order chi connectivity index (χ1) is 15.2. The number of carbonyl (C=O) groups excluding carboxylic acids is 1. The van der Waals surface area contributed by atoms with E-state index in [4.69, 9.17) is 0 Å². The number of halogens is 2. The summed E-state index contributed by atoms with van der Waals surface area (Å²) in [4.78, 5) is 17.6. The van der Waals surface area contributed by atoms with Crippen molar-refractivity contribution < 1.29 is 22.0 Å². The predicted molar refractivity (Wildman–Crippen MR) is 120 cm³/mol. The number of benzene rings is 1. The topological polar surface area (TPSA) is 76.1 Å². The Morgan fingerprint density at radius 1 is 1.19 bits per heavy atom. The molecule has 2 aromatic rings. The van der Waals surface area contributed by atoms with E-state index in [2.05, 4.69) is 10.3 Å². The molecule has 0 unspecified atom stereocenters. The van der Waals surface area contributed by atoms with Crippen molar-refractivity contribution in [1.29, 1.82) is 0 Å². The normalized spacial score (nSPS) is 23.3. The Balaban J connectivity index is 1.53. The number of anilines is 1. The molecule has 3 saturated carbocycles. The number of nitrogens with zero attached hydrogens (tertiary/aromatic N) is 1. The largest absolute Gasteiger partial charge is 0.298 e. The van der Waals surface area contributed by atoms with Crippen LogP contribution in [0.2, 0.25) is 0 Å². The molecule has 0 bridgehead atoms. The average Bonchev–Trinajstić information content (AvgIpc) is 3.67. The van der Waals surface area contributed by atoms with E-state index in [1.165, 1.54) is 11.3 Å². The number of sulfone groups is 1. The first-order valence-electron chi connectivity index (χ1n) is 10.9. The molecule has 9 heteroatoms. The SMILES string of the molecule is O=C(Nc1nccs1)C(=C[C@H]1CCC(F)(F)C1)c1ccc(S(=O)(=O)C2CC2)c(C2CC2)c1. The lowest BCUT2D eigenvalue weighted by Crippen LogP contribution is -2.16. The van der Waals surface area contributed by atoms with Gasteiger partial charge in [-0.1, -0.05) is 12.1 Å². The molecule has 1 N–H and O–H groups in total. The third kappa shape index (κ3) is 4.50. The molecule has 0 saturated heterocycles. The highest BCUT2D eigenvalue weighted by Gasteiger charge is 2.41. The number of thiazole rings is 1. The van der Waals surface area contributed by atoms with E-state index in [1.54, 1.807) is 35.9 Å². The molecule has 5 rings (SSSR count). The molecule has 1 aromatic heterocycles. The van der Waals surface area contributed by atoms with E-state index >= 15 is 0 Å². The number of amides is 1. The van der Waals surface area contributed by atoms with Gasteiger partial charge in [0.15, 0.2) is 15.0 Å². The zero-order valence-corrected chi connectivity index (χ0v) is 19.0. The fraction of sp³-hybridized carbons (Fsp3) is 0.478. The van der Waals surface area contributed by atoms with Crippen LogP contribution >= 0.6 is 11.3 Å². The maximum Gasteiger partial charge on any atom is 0.257 e. The standard InChI is InChI=1S/C23H24F2N2O3S2/c24-23(25)8-7-14(13-23)11-19(21(28)27-22-26-9-10-31-22)16-3-6-20(18(12-16)15-1-2-15)32(29,30)17-4-5-17/h3,6,9-12,14-15,17H,1-2,4-5,7-8,13H2,(H,26,27,28)/t14-/m1/s1. The number of nitrogens with one attached hydrogen (secondary N) is 1. The maximum atomic E-state index is 13.8. The van der Waals surface area contributed by atoms with Crippen molar-refractivity contribution in [3.05, 3.63) is 47.0 Å². The van der Waals surface area contributed by atoms with E-state index in [0.29, 0.717) is 40.4 Å². The van der Waals surface area contributed by atoms with E-state index < -0.39 is 27.6 Å². The van der Waals surface area contributed by atoms with Crippen molar-refractivity contribution >= 4 is 37.8 Å². The lowest BCUT2D eigenvalue weighted by Gasteiger charge is -2.15. The number of aromatic nitrogens is 1. The third-order valence-corrected chi connectivity index (χ3v) is 9.37. The third-order valence-electron chi connectivity index (χ3n) is 6.35. The molecule has 3 aliphatic carbocycles. The van der Waals surface area contributed by atoms with Crippen LogP contribution in [0, 0.1) is 5.92 Å². The summed E-state index contributed by atoms with van der Waals surface area (Å²) in [7, 11) is -3.37. The fourth-order valence-electron chi connectivity index (χ4n) is 4.36. The summed E-state index contributed by atoms with van der Waals surface area (Å²) >= 11 is 1.27. The summed E-state index contributed by atoms with van der Waals surface area (Å²) in [6, 6.07) is 5.03. The lowest BCUT2D eigenvalue weighted by molar-refractivity contribution is -0.111. The minimum atomic E-state index is -3.37. The zero-order chi connectivity index (χ0) is 22.5. The van der Waals surface area contributed by atoms with Gasteiger partial charge in [-0.25, -0.2) is 22.2 Å². The van der Waals surface area contributed by atoms with Crippen LogP contribution in [-0.2, 0) is 14.6 Å². The van der Waals surface area contributed by atoms with Crippen LogP contribution in [0.25, 0.3) is 5.57 Å². The monoisotopic (exact) mass is 478 g/mol. The van der Waals surface area contributed by atoms with Gasteiger partial charge in [0.2, 0.25) is 5.92 Å². The molecular weight excluding hydrogens is 454 g/mol. The number of hydrogen-bond acceptors (Lipinski definition) is 5. The molecule has 0 aliphatic heterocycles. The van der Waals surface area contributed by atoms with Gasteiger partial charge in [-0.05, 0) is 67.2 Å². The van der Waals surface area contributed by atoms with Crippen molar-refractivity contribution in [2.75, 3.05) is 5.32 Å². The van der Waals surface area contributed by atoms with Gasteiger partial charge in [0.05, 0.1) is 10.1 Å². The van der Waals surface area contributed by atoms with Crippen LogP contribution in [-0.4, -0.2) is 30.5 Å². The van der Waals surface area contributed by atoms with Crippen LogP contribution in [0.15, 0.2) is 40.7 Å². The van der Waals surface area contributed by atoms with E-state index in [0.717, 1.165) is 18.4 Å². The van der Waals surface area contributed by atoms with Crippen molar-refractivity contribution in [2.45, 2.75) is 66.9 Å². The quantitative estimate of drug-likeness (QED) is 0.540. The molecule has 0 spiro atoms. The Kier molecular flexibility index (Phi) is 5.44. The smallest absolute Gasteiger partial charge is 0.257 e. The molecule has 1 aromatic carbocycles. The van der Waals surface area contributed by atoms with Gasteiger partial charge < -0.3 is 0 Å². The van der Waals surface area contributed by atoms with E-state index in [-0.39, 0.29) is 24.0 Å². The van der Waals surface area contributed by atoms with Gasteiger partial charge >= 0.3 is 0 Å². The second kappa shape index (κ2) is 8.02. The Labute approximate surface area is 189 Å². The highest BCUT2D eigenvalue weighted by atomic mass is 32.2.